The molecule has 128 valence electrons. The molecule has 26 heavy (non-hydrogen) atoms. The summed E-state index contributed by atoms with van der Waals surface area (Å²) in [5.74, 6) is 0. The highest BCUT2D eigenvalue weighted by atomic mass is 32.1. The van der Waals surface area contributed by atoms with E-state index in [-0.39, 0.29) is 6.04 Å². The number of nitrogens with one attached hydrogen (secondary N) is 1. The van der Waals surface area contributed by atoms with Crippen LogP contribution in [0.5, 0.6) is 0 Å². The van der Waals surface area contributed by atoms with Crippen molar-refractivity contribution in [2.24, 2.45) is 0 Å². The van der Waals surface area contributed by atoms with Crippen molar-refractivity contribution in [1.29, 1.82) is 0 Å². The maximum Gasteiger partial charge on any atom is 0.142 e. The molecular formula is C21H18N4S. The highest BCUT2D eigenvalue weighted by Crippen LogP contribution is 2.25. The summed E-state index contributed by atoms with van der Waals surface area (Å²) in [5.41, 5.74) is 3.11. The predicted octanol–water partition coefficient (Wildman–Crippen LogP) is 4.48. The fourth-order valence-electron chi connectivity index (χ4n) is 2.78. The van der Waals surface area contributed by atoms with Crippen LogP contribution in [0.2, 0.25) is 0 Å². The third-order valence-electron chi connectivity index (χ3n) is 4.03. The van der Waals surface area contributed by atoms with Crippen LogP contribution in [-0.4, -0.2) is 15.0 Å². The number of hydrogen-bond donors (Lipinski definition) is 1. The smallest absolute Gasteiger partial charge is 0.142 e. The first-order valence-electron chi connectivity index (χ1n) is 8.45. The van der Waals surface area contributed by atoms with E-state index in [4.69, 9.17) is 0 Å². The van der Waals surface area contributed by atoms with Gasteiger partial charge in [0.15, 0.2) is 0 Å². The van der Waals surface area contributed by atoms with Crippen LogP contribution in [0.1, 0.15) is 22.2 Å². The molecule has 1 aromatic carbocycles. The highest BCUT2D eigenvalue weighted by Gasteiger charge is 2.15. The summed E-state index contributed by atoms with van der Waals surface area (Å²) in [6.07, 6.45) is 5.54. The molecule has 0 spiro atoms. The van der Waals surface area contributed by atoms with E-state index in [1.165, 1.54) is 10.4 Å². The van der Waals surface area contributed by atoms with E-state index >= 15 is 0 Å². The normalized spacial score (nSPS) is 12.0. The van der Waals surface area contributed by atoms with Crippen LogP contribution in [0.3, 0.4) is 0 Å². The Hall–Kier alpha value is -2.89. The van der Waals surface area contributed by atoms with Crippen LogP contribution in [0.4, 0.5) is 0 Å². The molecule has 5 heteroatoms. The van der Waals surface area contributed by atoms with Gasteiger partial charge in [-0.05, 0) is 29.8 Å². The zero-order valence-electron chi connectivity index (χ0n) is 14.1. The summed E-state index contributed by atoms with van der Waals surface area (Å²) in [5, 5.41) is 4.56. The van der Waals surface area contributed by atoms with Gasteiger partial charge in [-0.2, -0.15) is 0 Å². The number of rotatable bonds is 6. The number of hydrogen-bond acceptors (Lipinski definition) is 5. The van der Waals surface area contributed by atoms with Gasteiger partial charge in [0.1, 0.15) is 5.01 Å². The van der Waals surface area contributed by atoms with Gasteiger partial charge in [-0.25, -0.2) is 4.98 Å². The van der Waals surface area contributed by atoms with Crippen LogP contribution in [0, 0.1) is 0 Å². The average molecular weight is 358 g/mol. The van der Waals surface area contributed by atoms with Crippen LogP contribution >= 0.6 is 11.3 Å². The summed E-state index contributed by atoms with van der Waals surface area (Å²) < 4.78 is 0. The topological polar surface area (TPSA) is 50.7 Å². The quantitative estimate of drug-likeness (QED) is 0.552. The van der Waals surface area contributed by atoms with Gasteiger partial charge in [0, 0.05) is 30.0 Å². The molecule has 3 heterocycles. The summed E-state index contributed by atoms with van der Waals surface area (Å²) in [6, 6.07) is 22.3. The van der Waals surface area contributed by atoms with E-state index < -0.39 is 0 Å². The molecule has 0 unspecified atom stereocenters. The molecule has 4 rings (SSSR count). The van der Waals surface area contributed by atoms with E-state index in [9.17, 15) is 0 Å². The van der Waals surface area contributed by atoms with Gasteiger partial charge in [0.05, 0.1) is 17.4 Å². The van der Waals surface area contributed by atoms with Crippen LogP contribution < -0.4 is 5.32 Å². The molecule has 1 atom stereocenters. The highest BCUT2D eigenvalue weighted by molar-refractivity contribution is 7.14. The number of benzene rings is 1. The zero-order valence-corrected chi connectivity index (χ0v) is 14.9. The van der Waals surface area contributed by atoms with Crippen molar-refractivity contribution in [3.63, 3.8) is 0 Å². The molecule has 0 amide bonds. The second-order valence-corrected chi connectivity index (χ2v) is 6.94. The number of thiazole rings is 1. The lowest BCUT2D eigenvalue weighted by atomic mass is 10.0. The second-order valence-electron chi connectivity index (χ2n) is 5.83. The fraction of sp³-hybridized carbons (Fsp3) is 0.0952. The van der Waals surface area contributed by atoms with E-state index in [0.29, 0.717) is 0 Å². The number of aromatic nitrogens is 3. The number of pyridine rings is 2. The third kappa shape index (κ3) is 3.85. The molecule has 0 aliphatic carbocycles. The van der Waals surface area contributed by atoms with Crippen molar-refractivity contribution in [2.45, 2.75) is 12.6 Å². The van der Waals surface area contributed by atoms with E-state index in [2.05, 4.69) is 50.6 Å². The molecule has 0 bridgehead atoms. The molecule has 0 fully saturated rings. The Morgan fingerprint density at radius 2 is 1.58 bits per heavy atom. The van der Waals surface area contributed by atoms with Gasteiger partial charge in [0.25, 0.3) is 0 Å². The lowest BCUT2D eigenvalue weighted by Crippen LogP contribution is -2.22. The van der Waals surface area contributed by atoms with Crippen LogP contribution in [-0.2, 0) is 6.54 Å². The van der Waals surface area contributed by atoms with Gasteiger partial charge >= 0.3 is 0 Å². The van der Waals surface area contributed by atoms with Crippen molar-refractivity contribution in [1.82, 2.24) is 20.3 Å². The molecule has 0 saturated carbocycles. The molecule has 0 saturated heterocycles. The average Bonchev–Trinajstić information content (AvgIpc) is 3.20. The van der Waals surface area contributed by atoms with Gasteiger partial charge in [-0.15, -0.1) is 11.3 Å². The summed E-state index contributed by atoms with van der Waals surface area (Å²) >= 11 is 1.66. The lowest BCUT2D eigenvalue weighted by molar-refractivity contribution is 0.596. The Morgan fingerprint density at radius 3 is 2.31 bits per heavy atom. The summed E-state index contributed by atoms with van der Waals surface area (Å²) in [6.45, 7) is 0.723. The van der Waals surface area contributed by atoms with Crippen LogP contribution in [0.15, 0.2) is 85.3 Å². The Kier molecular flexibility index (Phi) is 5.09. The first-order valence-corrected chi connectivity index (χ1v) is 9.27. The minimum absolute atomic E-state index is 0.0396. The van der Waals surface area contributed by atoms with E-state index in [1.807, 2.05) is 48.8 Å². The van der Waals surface area contributed by atoms with E-state index in [1.54, 1.807) is 17.5 Å². The molecule has 4 nitrogen and oxygen atoms in total. The molecule has 0 aliphatic heterocycles. The molecule has 1 N–H and O–H groups in total. The first-order chi connectivity index (χ1) is 12.9. The Balaban J connectivity index is 1.53. The minimum atomic E-state index is 0.0396. The van der Waals surface area contributed by atoms with E-state index in [0.717, 1.165) is 22.9 Å². The lowest BCUT2D eigenvalue weighted by Gasteiger charge is -2.18. The largest absolute Gasteiger partial charge is 0.300 e. The van der Waals surface area contributed by atoms with Crippen molar-refractivity contribution in [3.05, 3.63) is 101 Å². The fourth-order valence-corrected chi connectivity index (χ4v) is 3.62. The Morgan fingerprint density at radius 1 is 0.808 bits per heavy atom. The van der Waals surface area contributed by atoms with Gasteiger partial charge in [-0.3, -0.25) is 15.3 Å². The van der Waals surface area contributed by atoms with Crippen molar-refractivity contribution < 1.29 is 0 Å². The maximum absolute atomic E-state index is 4.54. The molecule has 3 aromatic heterocycles. The molecule has 0 radical (unpaired) electrons. The minimum Gasteiger partial charge on any atom is -0.300 e. The molecular weight excluding hydrogens is 340 g/mol. The van der Waals surface area contributed by atoms with Gasteiger partial charge < -0.3 is 0 Å². The van der Waals surface area contributed by atoms with Crippen molar-refractivity contribution in [2.75, 3.05) is 0 Å². The Labute approximate surface area is 156 Å². The standard InChI is InChI=1S/C21H18N4S/c1-2-8-16(9-3-1)20(18-10-4-6-12-22-18)24-14-17-15-25-21(26-17)19-11-5-7-13-23-19/h1-13,15,20,24H,14H2/t20-/m1/s1. The molecule has 0 aliphatic rings. The maximum atomic E-state index is 4.54. The zero-order chi connectivity index (χ0) is 17.6. The van der Waals surface area contributed by atoms with Crippen molar-refractivity contribution >= 4 is 11.3 Å². The first kappa shape index (κ1) is 16.6. The van der Waals surface area contributed by atoms with Gasteiger partial charge in [-0.1, -0.05) is 42.5 Å². The monoisotopic (exact) mass is 358 g/mol. The summed E-state index contributed by atoms with van der Waals surface area (Å²) in [7, 11) is 0. The number of nitrogens with zero attached hydrogens (tertiary/aromatic N) is 3. The predicted molar refractivity (Wildman–Crippen MR) is 105 cm³/mol. The van der Waals surface area contributed by atoms with Gasteiger partial charge in [0.2, 0.25) is 0 Å². The van der Waals surface area contributed by atoms with Crippen LogP contribution in [0.25, 0.3) is 10.7 Å². The summed E-state index contributed by atoms with van der Waals surface area (Å²) in [4.78, 5) is 14.6. The third-order valence-corrected chi connectivity index (χ3v) is 5.05. The van der Waals surface area contributed by atoms with Crippen molar-refractivity contribution in [3.8, 4) is 10.7 Å². The SMILES string of the molecule is c1ccc([C@@H](NCc2cnc(-c3ccccn3)s2)c2ccccn2)cc1. The Bertz CT molecular complexity index is 900. The second kappa shape index (κ2) is 7.99. The molecule has 4 aromatic rings.